The van der Waals surface area contributed by atoms with Crippen molar-refractivity contribution in [1.82, 2.24) is 10.2 Å². The maximum atomic E-state index is 10.9. The van der Waals surface area contributed by atoms with E-state index in [1.807, 2.05) is 0 Å². The Morgan fingerprint density at radius 2 is 2.29 bits per heavy atom. The van der Waals surface area contributed by atoms with Gasteiger partial charge in [-0.05, 0) is 6.42 Å². The molecule has 5 nitrogen and oxygen atoms in total. The monoisotopic (exact) mass is 236 g/mol. The molecule has 0 fully saturated rings. The number of aromatic nitrogens is 2. The molecule has 1 rings (SSSR count). The summed E-state index contributed by atoms with van der Waals surface area (Å²) in [5.41, 5.74) is 5.13. The van der Waals surface area contributed by atoms with Crippen LogP contribution in [0.2, 0.25) is 0 Å². The van der Waals surface area contributed by atoms with Crippen molar-refractivity contribution in [3.8, 4) is 0 Å². The lowest BCUT2D eigenvalue weighted by Crippen LogP contribution is -2.21. The van der Waals surface area contributed by atoms with Crippen molar-refractivity contribution >= 4 is 34.8 Å². The largest absolute Gasteiger partial charge is 0.322 e. The van der Waals surface area contributed by atoms with Crippen LogP contribution in [-0.2, 0) is 11.2 Å². The second-order valence-corrected chi connectivity index (χ2v) is 3.57. The van der Waals surface area contributed by atoms with Crippen LogP contribution in [-0.4, -0.2) is 22.6 Å². The first-order valence-corrected chi connectivity index (χ1v) is 4.90. The fraction of sp³-hybridized carbons (Fsp3) is 0.571. The van der Waals surface area contributed by atoms with Crippen LogP contribution in [0.15, 0.2) is 0 Å². The zero-order chi connectivity index (χ0) is 9.68. The van der Waals surface area contributed by atoms with Gasteiger partial charge in [0.05, 0.1) is 6.54 Å². The summed E-state index contributed by atoms with van der Waals surface area (Å²) >= 11 is 1.39. The van der Waals surface area contributed by atoms with E-state index in [9.17, 15) is 4.79 Å². The third-order valence-corrected chi connectivity index (χ3v) is 2.26. The maximum Gasteiger partial charge on any atom is 0.239 e. The molecule has 0 aliphatic rings. The molecule has 0 aliphatic heterocycles. The van der Waals surface area contributed by atoms with Gasteiger partial charge in [-0.1, -0.05) is 18.3 Å². The molecular weight excluding hydrogens is 224 g/mol. The topological polar surface area (TPSA) is 80.9 Å². The minimum atomic E-state index is -0.237. The fourth-order valence-electron chi connectivity index (χ4n) is 0.789. The molecule has 0 aliphatic carbocycles. The maximum absolute atomic E-state index is 10.9. The van der Waals surface area contributed by atoms with E-state index in [0.717, 1.165) is 17.8 Å². The van der Waals surface area contributed by atoms with Crippen LogP contribution < -0.4 is 11.1 Å². The summed E-state index contributed by atoms with van der Waals surface area (Å²) in [6.07, 6.45) is 1.93. The molecule has 3 N–H and O–H groups in total. The highest BCUT2D eigenvalue weighted by Gasteiger charge is 2.05. The van der Waals surface area contributed by atoms with Crippen LogP contribution in [0.1, 0.15) is 18.4 Å². The second kappa shape index (κ2) is 6.69. The molecule has 1 aromatic rings. The third kappa shape index (κ3) is 3.99. The van der Waals surface area contributed by atoms with Crippen LogP contribution in [0.4, 0.5) is 5.13 Å². The molecule has 0 saturated heterocycles. The smallest absolute Gasteiger partial charge is 0.239 e. The van der Waals surface area contributed by atoms with Crippen LogP contribution in [0.25, 0.3) is 0 Å². The Hall–Kier alpha value is -0.720. The van der Waals surface area contributed by atoms with Gasteiger partial charge in [-0.15, -0.1) is 22.6 Å². The van der Waals surface area contributed by atoms with E-state index in [2.05, 4.69) is 22.4 Å². The zero-order valence-electron chi connectivity index (χ0n) is 7.82. The van der Waals surface area contributed by atoms with Gasteiger partial charge in [0.1, 0.15) is 5.01 Å². The SMILES string of the molecule is CCCc1nnc(NC(=O)CN)s1.Cl. The van der Waals surface area contributed by atoms with Gasteiger partial charge < -0.3 is 5.73 Å². The highest BCUT2D eigenvalue weighted by Crippen LogP contribution is 2.15. The minimum Gasteiger partial charge on any atom is -0.322 e. The molecular formula is C7H13ClN4OS. The summed E-state index contributed by atoms with van der Waals surface area (Å²) in [5.74, 6) is -0.237. The Morgan fingerprint density at radius 1 is 1.57 bits per heavy atom. The Kier molecular flexibility index (Phi) is 6.35. The molecule has 1 heterocycles. The average Bonchev–Trinajstić information content (AvgIpc) is 2.53. The van der Waals surface area contributed by atoms with Crippen molar-refractivity contribution in [2.75, 3.05) is 11.9 Å². The fourth-order valence-corrected chi connectivity index (χ4v) is 1.65. The van der Waals surface area contributed by atoms with Gasteiger partial charge in [-0.2, -0.15) is 0 Å². The van der Waals surface area contributed by atoms with E-state index < -0.39 is 0 Å². The van der Waals surface area contributed by atoms with Crippen molar-refractivity contribution in [1.29, 1.82) is 0 Å². The number of halogens is 1. The molecule has 0 unspecified atom stereocenters. The summed E-state index contributed by atoms with van der Waals surface area (Å²) in [6.45, 7) is 2.04. The number of hydrogen-bond donors (Lipinski definition) is 2. The number of nitrogens with two attached hydrogens (primary N) is 1. The highest BCUT2D eigenvalue weighted by atomic mass is 35.5. The number of nitrogens with zero attached hydrogens (tertiary/aromatic N) is 2. The molecule has 1 amide bonds. The molecule has 7 heteroatoms. The van der Waals surface area contributed by atoms with Crippen LogP contribution in [0.5, 0.6) is 0 Å². The number of carbonyl (C=O) groups is 1. The molecule has 0 bridgehead atoms. The number of rotatable bonds is 4. The second-order valence-electron chi connectivity index (χ2n) is 2.50. The van der Waals surface area contributed by atoms with Crippen LogP contribution in [0, 0.1) is 0 Å². The van der Waals surface area contributed by atoms with Gasteiger partial charge in [0, 0.05) is 6.42 Å². The van der Waals surface area contributed by atoms with Crippen molar-refractivity contribution < 1.29 is 4.79 Å². The molecule has 0 aromatic carbocycles. The number of amides is 1. The van der Waals surface area contributed by atoms with Gasteiger partial charge in [0.15, 0.2) is 0 Å². The van der Waals surface area contributed by atoms with E-state index >= 15 is 0 Å². The van der Waals surface area contributed by atoms with Crippen molar-refractivity contribution in [2.45, 2.75) is 19.8 Å². The lowest BCUT2D eigenvalue weighted by molar-refractivity contribution is -0.114. The van der Waals surface area contributed by atoms with E-state index in [-0.39, 0.29) is 24.9 Å². The summed E-state index contributed by atoms with van der Waals surface area (Å²) in [4.78, 5) is 10.9. The molecule has 0 radical (unpaired) electrons. The Labute approximate surface area is 92.5 Å². The zero-order valence-corrected chi connectivity index (χ0v) is 9.45. The number of nitrogens with one attached hydrogen (secondary N) is 1. The normalized spacial score (nSPS) is 9.29. The Bertz CT molecular complexity index is 291. The van der Waals surface area contributed by atoms with E-state index in [4.69, 9.17) is 5.73 Å². The predicted octanol–water partition coefficient (Wildman–Crippen LogP) is 0.810. The lowest BCUT2D eigenvalue weighted by Gasteiger charge is -1.94. The number of aryl methyl sites for hydroxylation is 1. The lowest BCUT2D eigenvalue weighted by atomic mass is 10.4. The van der Waals surface area contributed by atoms with Crippen LogP contribution in [0.3, 0.4) is 0 Å². The van der Waals surface area contributed by atoms with Crippen molar-refractivity contribution in [3.05, 3.63) is 5.01 Å². The summed E-state index contributed by atoms with van der Waals surface area (Å²) in [6, 6.07) is 0. The summed E-state index contributed by atoms with van der Waals surface area (Å²) in [7, 11) is 0. The summed E-state index contributed by atoms with van der Waals surface area (Å²) in [5, 5.41) is 11.7. The quantitative estimate of drug-likeness (QED) is 0.811. The molecule has 0 spiro atoms. The van der Waals surface area contributed by atoms with Gasteiger partial charge in [0.2, 0.25) is 11.0 Å². The van der Waals surface area contributed by atoms with E-state index in [0.29, 0.717) is 5.13 Å². The predicted molar refractivity (Wildman–Crippen MR) is 58.8 cm³/mol. The first kappa shape index (κ1) is 13.3. The first-order chi connectivity index (χ1) is 6.26. The van der Waals surface area contributed by atoms with Crippen LogP contribution >= 0.6 is 23.7 Å². The van der Waals surface area contributed by atoms with E-state index in [1.165, 1.54) is 11.3 Å². The highest BCUT2D eigenvalue weighted by molar-refractivity contribution is 7.15. The van der Waals surface area contributed by atoms with E-state index in [1.54, 1.807) is 0 Å². The standard InChI is InChI=1S/C7H12N4OS.ClH/c1-2-3-6-10-11-7(13-6)9-5(12)4-8;/h2-4,8H2,1H3,(H,9,11,12);1H. The Balaban J connectivity index is 0.00000169. The Morgan fingerprint density at radius 3 is 2.86 bits per heavy atom. The third-order valence-electron chi connectivity index (χ3n) is 1.36. The van der Waals surface area contributed by atoms with Crippen molar-refractivity contribution in [2.24, 2.45) is 5.73 Å². The van der Waals surface area contributed by atoms with Crippen molar-refractivity contribution in [3.63, 3.8) is 0 Å². The number of anilines is 1. The molecule has 80 valence electrons. The first-order valence-electron chi connectivity index (χ1n) is 4.08. The van der Waals surface area contributed by atoms with Gasteiger partial charge in [-0.25, -0.2) is 0 Å². The minimum absolute atomic E-state index is 0. The molecule has 0 saturated carbocycles. The van der Waals surface area contributed by atoms with Gasteiger partial charge >= 0.3 is 0 Å². The summed E-state index contributed by atoms with van der Waals surface area (Å²) < 4.78 is 0. The number of hydrogen-bond acceptors (Lipinski definition) is 5. The molecule has 0 atom stereocenters. The average molecular weight is 237 g/mol. The molecule has 14 heavy (non-hydrogen) atoms. The van der Waals surface area contributed by atoms with Gasteiger partial charge in [0.25, 0.3) is 0 Å². The molecule has 1 aromatic heterocycles. The number of carbonyl (C=O) groups excluding carboxylic acids is 1. The van der Waals surface area contributed by atoms with Gasteiger partial charge in [-0.3, -0.25) is 10.1 Å².